The average molecular weight is 649 g/mol. The predicted molar refractivity (Wildman–Crippen MR) is 163 cm³/mol. The van der Waals surface area contributed by atoms with Crippen LogP contribution in [0.2, 0.25) is 0 Å². The molecule has 1 saturated heterocycles. The van der Waals surface area contributed by atoms with Crippen molar-refractivity contribution in [3.05, 3.63) is 29.7 Å². The van der Waals surface area contributed by atoms with Gasteiger partial charge >= 0.3 is 12.0 Å². The lowest BCUT2D eigenvalue weighted by Gasteiger charge is -2.35. The van der Waals surface area contributed by atoms with Crippen molar-refractivity contribution in [3.8, 4) is 5.75 Å². The number of benzene rings is 1. The molecule has 13 nitrogen and oxygen atoms in total. The number of hydrogen-bond donors (Lipinski definition) is 2. The van der Waals surface area contributed by atoms with E-state index < -0.39 is 41.8 Å². The van der Waals surface area contributed by atoms with Crippen molar-refractivity contribution in [3.63, 3.8) is 0 Å². The van der Waals surface area contributed by atoms with E-state index in [1.165, 1.54) is 36.2 Å². The van der Waals surface area contributed by atoms with E-state index in [1.54, 1.807) is 25.8 Å². The van der Waals surface area contributed by atoms with Crippen LogP contribution >= 0.6 is 0 Å². The van der Waals surface area contributed by atoms with Crippen molar-refractivity contribution in [2.75, 3.05) is 62.0 Å². The molecule has 0 bridgehead atoms. The van der Waals surface area contributed by atoms with E-state index in [0.29, 0.717) is 39.0 Å². The molecule has 3 aliphatic rings. The molecular formula is C30H39F3N8O5. The number of amides is 3. The second-order valence-corrected chi connectivity index (χ2v) is 12.6. The molecule has 1 aromatic carbocycles. The first kappa shape index (κ1) is 33.0. The van der Waals surface area contributed by atoms with Crippen LogP contribution in [-0.2, 0) is 9.53 Å². The lowest BCUT2D eigenvalue weighted by molar-refractivity contribution is -0.140. The summed E-state index contributed by atoms with van der Waals surface area (Å²) in [5.74, 6) is -6.31. The van der Waals surface area contributed by atoms with E-state index in [4.69, 9.17) is 9.47 Å². The normalized spacial score (nSPS) is 19.0. The highest BCUT2D eigenvalue weighted by Crippen LogP contribution is 2.40. The van der Waals surface area contributed by atoms with Gasteiger partial charge in [0, 0.05) is 45.3 Å². The van der Waals surface area contributed by atoms with Gasteiger partial charge in [-0.3, -0.25) is 15.0 Å². The van der Waals surface area contributed by atoms with Crippen LogP contribution < -0.4 is 25.3 Å². The number of piperazine rings is 1. The van der Waals surface area contributed by atoms with E-state index in [-0.39, 0.29) is 40.5 Å². The van der Waals surface area contributed by atoms with E-state index in [9.17, 15) is 23.2 Å². The molecule has 2 N–H and O–H groups in total. The van der Waals surface area contributed by atoms with E-state index in [1.807, 2.05) is 0 Å². The molecule has 3 amide bonds. The number of ether oxygens (including phenoxy) is 2. The topological polar surface area (TPSA) is 132 Å². The lowest BCUT2D eigenvalue weighted by atomic mass is 10.1. The van der Waals surface area contributed by atoms with Gasteiger partial charge in [0.2, 0.25) is 5.95 Å². The Morgan fingerprint density at radius 1 is 1.09 bits per heavy atom. The van der Waals surface area contributed by atoms with E-state index in [2.05, 4.69) is 20.7 Å². The summed E-state index contributed by atoms with van der Waals surface area (Å²) in [6, 6.07) is 2.06. The van der Waals surface area contributed by atoms with Crippen molar-refractivity contribution in [2.24, 2.45) is 0 Å². The van der Waals surface area contributed by atoms with Crippen LogP contribution in [0.25, 0.3) is 0 Å². The number of carbonyl (C=O) groups excluding carboxylic acids is 3. The number of methoxy groups -OCH3 is 1. The maximum Gasteiger partial charge on any atom is 0.410 e. The molecule has 46 heavy (non-hydrogen) atoms. The summed E-state index contributed by atoms with van der Waals surface area (Å²) in [6.07, 6.45) is 3.95. The maximum absolute atomic E-state index is 15.4. The number of hydrazine groups is 1. The molecule has 2 aliphatic heterocycles. The number of aromatic nitrogens is 2. The highest BCUT2D eigenvalue weighted by atomic mass is 19.3. The summed E-state index contributed by atoms with van der Waals surface area (Å²) in [4.78, 5) is 50.5. The van der Waals surface area contributed by atoms with Crippen LogP contribution in [-0.4, -0.2) is 102 Å². The number of rotatable bonds is 6. The SMILES string of the molecule is COc1cc(C(=O)NN2CCN(C(=O)OC(C)(C)C)CC2)c(F)cc1Nc1ncc2c(n1)N(C1CCCC1)CC(F)(F)C(=O)N2C. The van der Waals surface area contributed by atoms with Crippen molar-refractivity contribution in [1.82, 2.24) is 25.3 Å². The molecule has 3 heterocycles. The Kier molecular flexibility index (Phi) is 9.20. The molecule has 0 spiro atoms. The minimum atomic E-state index is -3.62. The van der Waals surface area contributed by atoms with Gasteiger partial charge in [0.05, 0.1) is 31.1 Å². The highest BCUT2D eigenvalue weighted by molar-refractivity contribution is 6.02. The molecule has 1 aliphatic carbocycles. The first-order chi connectivity index (χ1) is 21.7. The summed E-state index contributed by atoms with van der Waals surface area (Å²) in [5.41, 5.74) is 1.99. The Balaban J connectivity index is 1.32. The fourth-order valence-corrected chi connectivity index (χ4v) is 5.75. The standard InChI is InChI=1S/C30H39F3N8O5/c1-29(2,3)46-28(44)39-10-12-40(13-11-39)37-25(42)19-14-23(45-5)21(15-20(19)31)35-27-34-16-22-24(36-27)41(18-8-6-7-9-18)17-30(32,33)26(43)38(22)4/h14-16,18H,6-13,17H2,1-5H3,(H,37,42)(H,34,35,36). The molecule has 2 fully saturated rings. The van der Waals surface area contributed by atoms with Crippen molar-refractivity contribution in [1.29, 1.82) is 0 Å². The van der Waals surface area contributed by atoms with Gasteiger partial charge in [0.15, 0.2) is 5.82 Å². The Hall–Kier alpha value is -4.34. The fourth-order valence-electron chi connectivity index (χ4n) is 5.75. The minimum Gasteiger partial charge on any atom is -0.495 e. The Labute approximate surface area is 265 Å². The maximum atomic E-state index is 15.4. The minimum absolute atomic E-state index is 0.0365. The summed E-state index contributed by atoms with van der Waals surface area (Å²) in [6.45, 7) is 5.76. The number of carbonyl (C=O) groups is 3. The molecule has 0 radical (unpaired) electrons. The Bertz CT molecular complexity index is 1490. The van der Waals surface area contributed by atoms with Crippen LogP contribution in [0.5, 0.6) is 5.75 Å². The molecular weight excluding hydrogens is 609 g/mol. The third-order valence-electron chi connectivity index (χ3n) is 8.11. The average Bonchev–Trinajstić information content (AvgIpc) is 3.51. The second kappa shape index (κ2) is 12.8. The fraction of sp³-hybridized carbons (Fsp3) is 0.567. The number of halogens is 3. The van der Waals surface area contributed by atoms with Gasteiger partial charge < -0.3 is 29.5 Å². The van der Waals surface area contributed by atoms with Crippen LogP contribution in [0, 0.1) is 5.82 Å². The van der Waals surface area contributed by atoms with E-state index >= 15 is 4.39 Å². The van der Waals surface area contributed by atoms with Crippen LogP contribution in [0.1, 0.15) is 56.8 Å². The van der Waals surface area contributed by atoms with Crippen LogP contribution in [0.3, 0.4) is 0 Å². The number of fused-ring (bicyclic) bond motifs is 1. The van der Waals surface area contributed by atoms with Crippen molar-refractivity contribution >= 4 is 41.0 Å². The number of anilines is 4. The highest BCUT2D eigenvalue weighted by Gasteiger charge is 2.48. The third kappa shape index (κ3) is 7.06. The summed E-state index contributed by atoms with van der Waals surface area (Å²) in [5, 5.41) is 4.46. The van der Waals surface area contributed by atoms with Gasteiger partial charge in [-0.2, -0.15) is 13.8 Å². The van der Waals surface area contributed by atoms with Gasteiger partial charge in [0.1, 0.15) is 22.9 Å². The summed E-state index contributed by atoms with van der Waals surface area (Å²) in [7, 11) is 2.60. The predicted octanol–water partition coefficient (Wildman–Crippen LogP) is 3.93. The molecule has 5 rings (SSSR count). The smallest absolute Gasteiger partial charge is 0.410 e. The van der Waals surface area contributed by atoms with E-state index in [0.717, 1.165) is 23.8 Å². The number of nitrogens with zero attached hydrogens (tertiary/aromatic N) is 6. The quantitative estimate of drug-likeness (QED) is 0.475. The monoisotopic (exact) mass is 648 g/mol. The number of nitrogens with one attached hydrogen (secondary N) is 2. The van der Waals surface area contributed by atoms with Crippen LogP contribution in [0.4, 0.5) is 41.1 Å². The molecule has 1 aromatic heterocycles. The van der Waals surface area contributed by atoms with Crippen molar-refractivity contribution < 1.29 is 37.0 Å². The second-order valence-electron chi connectivity index (χ2n) is 12.6. The van der Waals surface area contributed by atoms with Gasteiger partial charge in [0.25, 0.3) is 11.8 Å². The van der Waals surface area contributed by atoms with Crippen molar-refractivity contribution in [2.45, 2.75) is 64.0 Å². The first-order valence-corrected chi connectivity index (χ1v) is 15.1. The van der Waals surface area contributed by atoms with Crippen LogP contribution in [0.15, 0.2) is 18.3 Å². The molecule has 250 valence electrons. The Morgan fingerprint density at radius 3 is 2.39 bits per heavy atom. The molecule has 1 saturated carbocycles. The molecule has 0 unspecified atom stereocenters. The zero-order valence-electron chi connectivity index (χ0n) is 26.5. The third-order valence-corrected chi connectivity index (χ3v) is 8.11. The zero-order valence-corrected chi connectivity index (χ0v) is 26.5. The molecule has 16 heteroatoms. The summed E-state index contributed by atoms with van der Waals surface area (Å²) >= 11 is 0. The van der Waals surface area contributed by atoms with Gasteiger partial charge in [-0.05, 0) is 39.7 Å². The number of hydrogen-bond acceptors (Lipinski definition) is 10. The zero-order chi connectivity index (χ0) is 33.4. The molecule has 0 atom stereocenters. The number of alkyl halides is 2. The van der Waals surface area contributed by atoms with Gasteiger partial charge in [-0.15, -0.1) is 0 Å². The lowest BCUT2D eigenvalue weighted by Crippen LogP contribution is -2.55. The largest absolute Gasteiger partial charge is 0.495 e. The first-order valence-electron chi connectivity index (χ1n) is 15.1. The summed E-state index contributed by atoms with van der Waals surface area (Å²) < 4.78 is 56.0. The molecule has 2 aromatic rings. The Morgan fingerprint density at radius 2 is 1.76 bits per heavy atom. The van der Waals surface area contributed by atoms with Gasteiger partial charge in [-0.25, -0.2) is 19.2 Å². The van der Waals surface area contributed by atoms with Gasteiger partial charge in [-0.1, -0.05) is 12.8 Å².